The number of hydrogen-bond acceptors (Lipinski definition) is 7. The summed E-state index contributed by atoms with van der Waals surface area (Å²) in [6.45, 7) is 0.628. The number of rotatable bonds is 6. The van der Waals surface area contributed by atoms with Gasteiger partial charge in [0.25, 0.3) is 0 Å². The summed E-state index contributed by atoms with van der Waals surface area (Å²) in [6, 6.07) is 5.55. The van der Waals surface area contributed by atoms with E-state index in [1.165, 1.54) is 29.8 Å². The van der Waals surface area contributed by atoms with Crippen LogP contribution in [0.4, 0.5) is 34.6 Å². The van der Waals surface area contributed by atoms with E-state index in [-0.39, 0.29) is 5.69 Å². The summed E-state index contributed by atoms with van der Waals surface area (Å²) in [7, 11) is 0. The third-order valence-electron chi connectivity index (χ3n) is 4.15. The molecule has 3 heterocycles. The normalized spacial score (nSPS) is 11.5. The van der Waals surface area contributed by atoms with Gasteiger partial charge in [-0.05, 0) is 35.7 Å². The van der Waals surface area contributed by atoms with Crippen molar-refractivity contribution in [2.75, 3.05) is 22.5 Å². The van der Waals surface area contributed by atoms with Gasteiger partial charge in [-0.2, -0.15) is 13.2 Å². The Kier molecular flexibility index (Phi) is 6.00. The van der Waals surface area contributed by atoms with Crippen LogP contribution in [0.25, 0.3) is 10.2 Å². The first kappa shape index (κ1) is 21.0. The molecule has 4 rings (SSSR count). The van der Waals surface area contributed by atoms with Crippen molar-refractivity contribution < 1.29 is 18.0 Å². The molecule has 160 valence electrons. The third kappa shape index (κ3) is 5.27. The van der Waals surface area contributed by atoms with E-state index < -0.39 is 17.8 Å². The van der Waals surface area contributed by atoms with E-state index in [1.807, 2.05) is 11.4 Å². The smallest absolute Gasteiger partial charge is 0.368 e. The van der Waals surface area contributed by atoms with E-state index in [9.17, 15) is 18.0 Å². The van der Waals surface area contributed by atoms with Crippen LogP contribution in [0.1, 0.15) is 10.4 Å². The molecule has 3 N–H and O–H groups in total. The Morgan fingerprint density at radius 2 is 1.84 bits per heavy atom. The third-order valence-corrected chi connectivity index (χ3v) is 6.03. The van der Waals surface area contributed by atoms with Crippen molar-refractivity contribution in [3.63, 3.8) is 0 Å². The predicted molar refractivity (Wildman–Crippen MR) is 116 cm³/mol. The van der Waals surface area contributed by atoms with Crippen LogP contribution < -0.4 is 16.0 Å². The number of carbonyl (C=O) groups is 1. The van der Waals surface area contributed by atoms with Gasteiger partial charge in [0.15, 0.2) is 5.13 Å². The van der Waals surface area contributed by atoms with Gasteiger partial charge in [-0.3, -0.25) is 5.32 Å². The highest BCUT2D eigenvalue weighted by molar-refractivity contribution is 7.17. The van der Waals surface area contributed by atoms with E-state index in [0.717, 1.165) is 33.0 Å². The van der Waals surface area contributed by atoms with Crippen LogP contribution in [0.15, 0.2) is 48.2 Å². The fourth-order valence-electron chi connectivity index (χ4n) is 2.70. The van der Waals surface area contributed by atoms with Gasteiger partial charge in [0.1, 0.15) is 12.1 Å². The zero-order valence-electron chi connectivity index (χ0n) is 15.7. The number of carbonyl (C=O) groups excluding carboxylic acids is 1. The van der Waals surface area contributed by atoms with Crippen LogP contribution >= 0.6 is 22.7 Å². The van der Waals surface area contributed by atoms with E-state index in [0.29, 0.717) is 18.1 Å². The minimum atomic E-state index is -4.42. The Morgan fingerprint density at radius 3 is 2.61 bits per heavy atom. The largest absolute Gasteiger partial charge is 0.416 e. The SMILES string of the molecule is O=C(Nc1ccc(C(F)(F)F)cc1)Nc1ncc(CCNc2ncnc3ccsc23)s1. The Bertz CT molecular complexity index is 1190. The van der Waals surface area contributed by atoms with Crippen molar-refractivity contribution in [2.45, 2.75) is 12.6 Å². The molecule has 0 aliphatic rings. The molecule has 0 aliphatic carbocycles. The highest BCUT2D eigenvalue weighted by atomic mass is 32.1. The first-order valence-electron chi connectivity index (χ1n) is 9.00. The minimum absolute atomic E-state index is 0.247. The average molecular weight is 464 g/mol. The van der Waals surface area contributed by atoms with Crippen LogP contribution in [0, 0.1) is 0 Å². The van der Waals surface area contributed by atoms with Crippen molar-refractivity contribution in [1.82, 2.24) is 15.0 Å². The number of halogens is 3. The standard InChI is InChI=1S/C19H15F3N6OS2/c20-19(21,22)11-1-3-12(4-2-11)27-17(29)28-18-24-9-13(31-18)5-7-23-16-15-14(6-8-30-15)25-10-26-16/h1-4,6,8-10H,5,7H2,(H,23,25,26)(H2,24,27,28,29). The number of urea groups is 1. The lowest BCUT2D eigenvalue weighted by Gasteiger charge is -2.08. The lowest BCUT2D eigenvalue weighted by Crippen LogP contribution is -2.19. The van der Waals surface area contributed by atoms with Crippen molar-refractivity contribution >= 4 is 55.6 Å². The van der Waals surface area contributed by atoms with Crippen LogP contribution in [0.3, 0.4) is 0 Å². The fourth-order valence-corrected chi connectivity index (χ4v) is 4.32. The summed E-state index contributed by atoms with van der Waals surface area (Å²) < 4.78 is 38.8. The van der Waals surface area contributed by atoms with Gasteiger partial charge in [0.05, 0.1) is 15.8 Å². The quantitative estimate of drug-likeness (QED) is 0.352. The number of nitrogens with zero attached hydrogens (tertiary/aromatic N) is 3. The highest BCUT2D eigenvalue weighted by Gasteiger charge is 2.30. The molecule has 0 aliphatic heterocycles. The van der Waals surface area contributed by atoms with Crippen molar-refractivity contribution in [1.29, 1.82) is 0 Å². The maximum Gasteiger partial charge on any atom is 0.416 e. The highest BCUT2D eigenvalue weighted by Crippen LogP contribution is 2.30. The molecule has 0 saturated heterocycles. The zero-order chi connectivity index (χ0) is 21.8. The molecular formula is C19H15F3N6OS2. The second-order valence-corrected chi connectivity index (χ2v) is 8.35. The predicted octanol–water partition coefficient (Wildman–Crippen LogP) is 5.47. The number of benzene rings is 1. The van der Waals surface area contributed by atoms with E-state index in [4.69, 9.17) is 0 Å². The summed E-state index contributed by atoms with van der Waals surface area (Å²) >= 11 is 2.88. The first-order valence-corrected chi connectivity index (χ1v) is 10.7. The molecule has 0 radical (unpaired) electrons. The molecule has 0 fully saturated rings. The van der Waals surface area contributed by atoms with E-state index in [2.05, 4.69) is 30.9 Å². The number of hydrogen-bond donors (Lipinski definition) is 3. The summed E-state index contributed by atoms with van der Waals surface area (Å²) in [5.41, 5.74) is 0.362. The lowest BCUT2D eigenvalue weighted by atomic mass is 10.2. The maximum absolute atomic E-state index is 12.6. The number of aromatic nitrogens is 3. The summed E-state index contributed by atoms with van der Waals surface area (Å²) in [5.74, 6) is 0.777. The molecule has 0 atom stereocenters. The molecule has 31 heavy (non-hydrogen) atoms. The molecule has 0 spiro atoms. The molecule has 12 heteroatoms. The number of amides is 2. The van der Waals surface area contributed by atoms with Crippen molar-refractivity contribution in [2.24, 2.45) is 0 Å². The Balaban J connectivity index is 1.27. The monoisotopic (exact) mass is 464 g/mol. The molecule has 0 saturated carbocycles. The summed E-state index contributed by atoms with van der Waals surface area (Å²) in [4.78, 5) is 25.6. The minimum Gasteiger partial charge on any atom is -0.368 e. The summed E-state index contributed by atoms with van der Waals surface area (Å²) in [5, 5.41) is 10.7. The molecule has 0 unspecified atom stereocenters. The topological polar surface area (TPSA) is 91.8 Å². The number of anilines is 3. The molecule has 3 aromatic heterocycles. The van der Waals surface area contributed by atoms with Crippen molar-refractivity contribution in [3.8, 4) is 0 Å². The second kappa shape index (κ2) is 8.86. The molecular weight excluding hydrogens is 449 g/mol. The number of nitrogens with one attached hydrogen (secondary N) is 3. The van der Waals surface area contributed by atoms with E-state index in [1.54, 1.807) is 17.5 Å². The van der Waals surface area contributed by atoms with Gasteiger partial charge in [-0.1, -0.05) is 0 Å². The van der Waals surface area contributed by atoms with Gasteiger partial charge in [0, 0.05) is 29.7 Å². The molecule has 4 aromatic rings. The summed E-state index contributed by atoms with van der Waals surface area (Å²) in [6.07, 6.45) is -0.560. The number of thiazole rings is 1. The molecule has 0 bridgehead atoms. The van der Waals surface area contributed by atoms with Gasteiger partial charge in [-0.15, -0.1) is 22.7 Å². The number of alkyl halides is 3. The maximum atomic E-state index is 12.6. The number of thiophene rings is 1. The Morgan fingerprint density at radius 1 is 1.03 bits per heavy atom. The molecule has 1 aromatic carbocycles. The Hall–Kier alpha value is -3.25. The van der Waals surface area contributed by atoms with Crippen LogP contribution in [-0.4, -0.2) is 27.5 Å². The van der Waals surface area contributed by atoms with Gasteiger partial charge in [-0.25, -0.2) is 19.7 Å². The zero-order valence-corrected chi connectivity index (χ0v) is 17.4. The first-order chi connectivity index (χ1) is 14.9. The second-order valence-electron chi connectivity index (χ2n) is 6.32. The van der Waals surface area contributed by atoms with Crippen LogP contribution in [0.2, 0.25) is 0 Å². The van der Waals surface area contributed by atoms with Gasteiger partial charge < -0.3 is 10.6 Å². The lowest BCUT2D eigenvalue weighted by molar-refractivity contribution is -0.137. The molecule has 7 nitrogen and oxygen atoms in total. The number of fused-ring (bicyclic) bond motifs is 1. The Labute approximate surface area is 182 Å². The molecule has 2 amide bonds. The fraction of sp³-hybridized carbons (Fsp3) is 0.158. The average Bonchev–Trinajstić information content (AvgIpc) is 3.37. The van der Waals surface area contributed by atoms with Crippen molar-refractivity contribution in [3.05, 3.63) is 58.7 Å². The van der Waals surface area contributed by atoms with Crippen LogP contribution in [0.5, 0.6) is 0 Å². The van der Waals surface area contributed by atoms with Gasteiger partial charge >= 0.3 is 12.2 Å². The van der Waals surface area contributed by atoms with Gasteiger partial charge in [0.2, 0.25) is 0 Å². The van der Waals surface area contributed by atoms with Crippen LogP contribution in [-0.2, 0) is 12.6 Å². The van der Waals surface area contributed by atoms with E-state index >= 15 is 0 Å².